The van der Waals surface area contributed by atoms with Gasteiger partial charge in [0.25, 0.3) is 5.91 Å². The van der Waals surface area contributed by atoms with Crippen LogP contribution in [0.5, 0.6) is 0 Å². The van der Waals surface area contributed by atoms with Gasteiger partial charge in [-0.2, -0.15) is 5.26 Å². The van der Waals surface area contributed by atoms with Gasteiger partial charge in [-0.1, -0.05) is 0 Å². The lowest BCUT2D eigenvalue weighted by Gasteiger charge is -2.29. The second-order valence-corrected chi connectivity index (χ2v) is 5.71. The van der Waals surface area contributed by atoms with E-state index >= 15 is 0 Å². The number of piperidine rings is 1. The first-order chi connectivity index (χ1) is 10.6. The highest BCUT2D eigenvalue weighted by Gasteiger charge is 2.23. The number of hydrogen-bond acceptors (Lipinski definition) is 5. The number of likely N-dealkylation sites (tertiary alicyclic amines) is 1. The Kier molecular flexibility index (Phi) is 5.78. The van der Waals surface area contributed by atoms with Crippen LogP contribution in [0.4, 0.5) is 0 Å². The second kappa shape index (κ2) is 7.80. The van der Waals surface area contributed by atoms with Gasteiger partial charge in [0.2, 0.25) is 5.91 Å². The molecule has 1 atom stereocenters. The van der Waals surface area contributed by atoms with Gasteiger partial charge in [0.1, 0.15) is 11.6 Å². The van der Waals surface area contributed by atoms with Crippen LogP contribution in [0.1, 0.15) is 25.7 Å². The summed E-state index contributed by atoms with van der Waals surface area (Å²) in [4.78, 5) is 25.0. The standard InChI is InChI=1S/C15H22N4O3/c16-8-12(15(21)18-9-13-2-1-7-22-13)10-19-5-3-11(4-6-19)14(17)20/h10-11,13H,1-7,9H2,(H2,17,20)(H,18,21)/b12-10-. The third-order valence-corrected chi connectivity index (χ3v) is 4.12. The van der Waals surface area contributed by atoms with Crippen molar-refractivity contribution in [2.24, 2.45) is 11.7 Å². The van der Waals surface area contributed by atoms with Crippen molar-refractivity contribution >= 4 is 11.8 Å². The van der Waals surface area contributed by atoms with E-state index in [9.17, 15) is 9.59 Å². The lowest BCUT2D eigenvalue weighted by Crippen LogP contribution is -2.37. The molecule has 7 heteroatoms. The number of nitrogens with zero attached hydrogens (tertiary/aromatic N) is 2. The summed E-state index contributed by atoms with van der Waals surface area (Å²) in [6.45, 7) is 2.41. The number of nitrogens with two attached hydrogens (primary N) is 1. The van der Waals surface area contributed by atoms with Crippen LogP contribution in [0.15, 0.2) is 11.8 Å². The van der Waals surface area contributed by atoms with Crippen LogP contribution in [0.25, 0.3) is 0 Å². The van der Waals surface area contributed by atoms with Crippen LogP contribution in [-0.4, -0.2) is 49.1 Å². The minimum absolute atomic E-state index is 0.0511. The normalized spacial score (nSPS) is 23.1. The summed E-state index contributed by atoms with van der Waals surface area (Å²) in [5.41, 5.74) is 5.37. The fraction of sp³-hybridized carbons (Fsp3) is 0.667. The Hall–Kier alpha value is -2.07. The Morgan fingerprint density at radius 3 is 2.64 bits per heavy atom. The van der Waals surface area contributed by atoms with E-state index in [4.69, 9.17) is 15.7 Å². The summed E-state index contributed by atoms with van der Waals surface area (Å²) in [5.74, 6) is -0.767. The molecule has 0 aromatic heterocycles. The Balaban J connectivity index is 1.83. The molecule has 3 N–H and O–H groups in total. The van der Waals surface area contributed by atoms with Crippen molar-refractivity contribution < 1.29 is 14.3 Å². The minimum Gasteiger partial charge on any atom is -0.376 e. The van der Waals surface area contributed by atoms with Crippen LogP contribution in [-0.2, 0) is 14.3 Å². The molecule has 120 valence electrons. The molecule has 2 rings (SSSR count). The fourth-order valence-electron chi connectivity index (χ4n) is 2.74. The topological polar surface area (TPSA) is 108 Å². The van der Waals surface area contributed by atoms with Crippen molar-refractivity contribution in [3.05, 3.63) is 11.8 Å². The van der Waals surface area contributed by atoms with Gasteiger partial charge in [0, 0.05) is 38.4 Å². The van der Waals surface area contributed by atoms with Crippen molar-refractivity contribution in [1.82, 2.24) is 10.2 Å². The number of rotatable bonds is 5. The second-order valence-electron chi connectivity index (χ2n) is 5.71. The molecule has 0 aromatic rings. The summed E-state index contributed by atoms with van der Waals surface area (Å²) in [6, 6.07) is 1.93. The van der Waals surface area contributed by atoms with Gasteiger partial charge in [-0.3, -0.25) is 9.59 Å². The summed E-state index contributed by atoms with van der Waals surface area (Å²) in [5, 5.41) is 11.9. The molecule has 0 bridgehead atoms. The Morgan fingerprint density at radius 2 is 2.09 bits per heavy atom. The molecular weight excluding hydrogens is 284 g/mol. The number of amides is 2. The average molecular weight is 306 g/mol. The Morgan fingerprint density at radius 1 is 1.36 bits per heavy atom. The van der Waals surface area contributed by atoms with Gasteiger partial charge >= 0.3 is 0 Å². The molecular formula is C15H22N4O3. The van der Waals surface area contributed by atoms with Crippen LogP contribution < -0.4 is 11.1 Å². The zero-order valence-electron chi connectivity index (χ0n) is 12.6. The zero-order valence-corrected chi connectivity index (χ0v) is 12.6. The van der Waals surface area contributed by atoms with Crippen LogP contribution in [0, 0.1) is 17.2 Å². The maximum absolute atomic E-state index is 12.0. The zero-order chi connectivity index (χ0) is 15.9. The molecule has 2 heterocycles. The number of carbonyl (C=O) groups excluding carboxylic acids is 2. The van der Waals surface area contributed by atoms with Crippen LogP contribution in [0.2, 0.25) is 0 Å². The first-order valence-electron chi connectivity index (χ1n) is 7.65. The maximum atomic E-state index is 12.0. The monoisotopic (exact) mass is 306 g/mol. The summed E-state index contributed by atoms with van der Waals surface area (Å²) < 4.78 is 5.43. The molecule has 0 aromatic carbocycles. The highest BCUT2D eigenvalue weighted by Crippen LogP contribution is 2.17. The molecule has 2 fully saturated rings. The third-order valence-electron chi connectivity index (χ3n) is 4.12. The van der Waals surface area contributed by atoms with E-state index in [0.29, 0.717) is 32.5 Å². The van der Waals surface area contributed by atoms with E-state index in [0.717, 1.165) is 19.4 Å². The van der Waals surface area contributed by atoms with Gasteiger partial charge in [0.15, 0.2) is 0 Å². The predicted octanol–water partition coefficient (Wildman–Crippen LogP) is -0.114. The van der Waals surface area contributed by atoms with Gasteiger partial charge < -0.3 is 20.7 Å². The number of ether oxygens (including phenoxy) is 1. The number of carbonyl (C=O) groups is 2. The average Bonchev–Trinajstić information content (AvgIpc) is 3.04. The van der Waals surface area contributed by atoms with Crippen LogP contribution >= 0.6 is 0 Å². The first kappa shape index (κ1) is 16.3. The number of nitriles is 1. The third kappa shape index (κ3) is 4.46. The highest BCUT2D eigenvalue weighted by molar-refractivity contribution is 5.97. The van der Waals surface area contributed by atoms with E-state index in [1.807, 2.05) is 11.0 Å². The van der Waals surface area contributed by atoms with E-state index in [1.54, 1.807) is 6.20 Å². The quantitative estimate of drug-likeness (QED) is 0.544. The fourth-order valence-corrected chi connectivity index (χ4v) is 2.74. The minimum atomic E-state index is -0.380. The lowest BCUT2D eigenvalue weighted by molar-refractivity contribution is -0.123. The molecule has 2 aliphatic rings. The smallest absolute Gasteiger partial charge is 0.263 e. The van der Waals surface area contributed by atoms with Crippen LogP contribution in [0.3, 0.4) is 0 Å². The highest BCUT2D eigenvalue weighted by atomic mass is 16.5. The molecule has 0 radical (unpaired) electrons. The maximum Gasteiger partial charge on any atom is 0.263 e. The van der Waals surface area contributed by atoms with Crippen molar-refractivity contribution in [1.29, 1.82) is 5.26 Å². The Bertz CT molecular complexity index is 484. The number of nitrogens with one attached hydrogen (secondary N) is 1. The molecule has 22 heavy (non-hydrogen) atoms. The van der Waals surface area contributed by atoms with E-state index in [-0.39, 0.29) is 29.4 Å². The molecule has 0 saturated carbocycles. The lowest BCUT2D eigenvalue weighted by atomic mass is 9.96. The number of hydrogen-bond donors (Lipinski definition) is 2. The summed E-state index contributed by atoms with van der Waals surface area (Å²) in [7, 11) is 0. The molecule has 0 spiro atoms. The van der Waals surface area contributed by atoms with Gasteiger partial charge in [-0.15, -0.1) is 0 Å². The molecule has 2 amide bonds. The molecule has 7 nitrogen and oxygen atoms in total. The van der Waals surface area contributed by atoms with E-state index in [1.165, 1.54) is 0 Å². The summed E-state index contributed by atoms with van der Waals surface area (Å²) >= 11 is 0. The van der Waals surface area contributed by atoms with Gasteiger partial charge in [-0.25, -0.2) is 0 Å². The number of primary amides is 1. The Labute approximate surface area is 130 Å². The molecule has 1 unspecified atom stereocenters. The van der Waals surface area contributed by atoms with Gasteiger partial charge in [-0.05, 0) is 25.7 Å². The molecule has 2 aliphatic heterocycles. The summed E-state index contributed by atoms with van der Waals surface area (Å²) in [6.07, 6.45) is 4.88. The first-order valence-corrected chi connectivity index (χ1v) is 7.65. The van der Waals surface area contributed by atoms with Crippen molar-refractivity contribution in [2.45, 2.75) is 31.8 Å². The van der Waals surface area contributed by atoms with Crippen molar-refractivity contribution in [3.8, 4) is 6.07 Å². The van der Waals surface area contributed by atoms with Gasteiger partial charge in [0.05, 0.1) is 6.10 Å². The largest absolute Gasteiger partial charge is 0.376 e. The van der Waals surface area contributed by atoms with E-state index in [2.05, 4.69) is 5.32 Å². The molecule has 2 saturated heterocycles. The molecule has 0 aliphatic carbocycles. The van der Waals surface area contributed by atoms with Crippen molar-refractivity contribution in [3.63, 3.8) is 0 Å². The van der Waals surface area contributed by atoms with Crippen molar-refractivity contribution in [2.75, 3.05) is 26.2 Å². The SMILES string of the molecule is N#C/C(=C/N1CCC(C(N)=O)CC1)C(=O)NCC1CCCO1. The predicted molar refractivity (Wildman–Crippen MR) is 79.2 cm³/mol. The van der Waals surface area contributed by atoms with E-state index < -0.39 is 0 Å².